The lowest BCUT2D eigenvalue weighted by molar-refractivity contribution is -0.170. The number of anilines is 2. The fourth-order valence-electron chi connectivity index (χ4n) is 3.71. The zero-order valence-electron chi connectivity index (χ0n) is 18.6. The topological polar surface area (TPSA) is 74.7 Å². The molecule has 0 radical (unpaired) electrons. The molecule has 1 fully saturated rings. The molecular weight excluding hydrogens is 513 g/mol. The number of carbonyl (C=O) groups is 2. The van der Waals surface area contributed by atoms with Gasteiger partial charge < -0.3 is 10.2 Å². The number of pyridine rings is 1. The van der Waals surface area contributed by atoms with Crippen LogP contribution in [0.25, 0.3) is 17.0 Å². The molecule has 0 atom stereocenters. The minimum Gasteiger partial charge on any atom is -0.333 e. The number of amidine groups is 1. The van der Waals surface area contributed by atoms with Gasteiger partial charge in [0.2, 0.25) is 0 Å². The Hall–Kier alpha value is -3.37. The predicted molar refractivity (Wildman–Crippen MR) is 136 cm³/mol. The Balaban J connectivity index is 1.36. The van der Waals surface area contributed by atoms with Crippen LogP contribution in [0, 0.1) is 5.92 Å². The van der Waals surface area contributed by atoms with Gasteiger partial charge in [-0.2, -0.15) is 18.2 Å². The van der Waals surface area contributed by atoms with E-state index in [0.29, 0.717) is 4.91 Å². The van der Waals surface area contributed by atoms with Crippen LogP contribution in [0.1, 0.15) is 18.4 Å². The molecule has 2 aliphatic rings. The van der Waals surface area contributed by atoms with E-state index in [0.717, 1.165) is 46.0 Å². The van der Waals surface area contributed by atoms with Crippen LogP contribution in [-0.2, 0) is 9.59 Å². The van der Waals surface area contributed by atoms with Gasteiger partial charge in [-0.15, -0.1) is 0 Å². The molecule has 3 aromatic rings. The molecule has 2 heterocycles. The number of benzene rings is 2. The Morgan fingerprint density at radius 2 is 2.00 bits per heavy atom. The standard InChI is InChI=1S/C25H18ClF3N4O2S/c26-18-7-6-17(33(13-14-3-4-14)23(35)25(27,28)29)12-20(18)31-24-32-22(34)21(36-24)11-15-5-8-19-16(10-15)2-1-9-30-19/h1-2,5-12,14H,3-4,13H2,(H,31,32,34). The van der Waals surface area contributed by atoms with Crippen molar-refractivity contribution in [3.05, 3.63) is 70.2 Å². The van der Waals surface area contributed by atoms with Gasteiger partial charge in [-0.1, -0.05) is 23.7 Å². The summed E-state index contributed by atoms with van der Waals surface area (Å²) in [5, 5.41) is 4.28. The normalized spacial score (nSPS) is 16.9. The van der Waals surface area contributed by atoms with Crippen molar-refractivity contribution in [2.45, 2.75) is 19.0 Å². The quantitative estimate of drug-likeness (QED) is 0.393. The summed E-state index contributed by atoms with van der Waals surface area (Å²) in [6.45, 7) is -0.0260. The highest BCUT2D eigenvalue weighted by Gasteiger charge is 2.44. The van der Waals surface area contributed by atoms with Crippen molar-refractivity contribution in [2.75, 3.05) is 16.8 Å². The molecule has 11 heteroatoms. The number of aromatic nitrogens is 1. The van der Waals surface area contributed by atoms with Crippen molar-refractivity contribution < 1.29 is 22.8 Å². The third kappa shape index (κ3) is 5.39. The van der Waals surface area contributed by atoms with Crippen LogP contribution in [0.5, 0.6) is 0 Å². The number of nitrogens with zero attached hydrogens (tertiary/aromatic N) is 3. The number of thioether (sulfide) groups is 1. The summed E-state index contributed by atoms with van der Waals surface area (Å²) in [4.78, 5) is 33.9. The van der Waals surface area contributed by atoms with Crippen LogP contribution in [-0.4, -0.2) is 34.7 Å². The van der Waals surface area contributed by atoms with Crippen molar-refractivity contribution >= 4 is 68.7 Å². The van der Waals surface area contributed by atoms with E-state index >= 15 is 0 Å². The van der Waals surface area contributed by atoms with E-state index in [1.54, 1.807) is 12.3 Å². The number of hydrogen-bond donors (Lipinski definition) is 1. The second-order valence-electron chi connectivity index (χ2n) is 8.43. The van der Waals surface area contributed by atoms with Crippen molar-refractivity contribution in [2.24, 2.45) is 10.9 Å². The first-order valence-corrected chi connectivity index (χ1v) is 12.2. The molecule has 2 aromatic carbocycles. The van der Waals surface area contributed by atoms with Gasteiger partial charge >= 0.3 is 12.1 Å². The molecule has 1 aliphatic heterocycles. The molecule has 1 aromatic heterocycles. The maximum atomic E-state index is 13.2. The number of nitrogens with one attached hydrogen (secondary N) is 1. The first-order chi connectivity index (χ1) is 17.2. The highest BCUT2D eigenvalue weighted by Crippen LogP contribution is 2.37. The largest absolute Gasteiger partial charge is 0.471 e. The van der Waals surface area contributed by atoms with Crippen LogP contribution in [0.4, 0.5) is 24.5 Å². The average molecular weight is 531 g/mol. The summed E-state index contributed by atoms with van der Waals surface area (Å²) in [7, 11) is 0. The number of aliphatic imine (C=N–C) groups is 1. The fourth-order valence-corrected chi connectivity index (χ4v) is 4.70. The highest BCUT2D eigenvalue weighted by atomic mass is 35.5. The monoisotopic (exact) mass is 530 g/mol. The zero-order valence-corrected chi connectivity index (χ0v) is 20.1. The van der Waals surface area contributed by atoms with E-state index in [1.807, 2.05) is 30.3 Å². The molecule has 5 rings (SSSR count). The molecule has 0 spiro atoms. The first-order valence-electron chi connectivity index (χ1n) is 11.0. The molecule has 0 unspecified atom stereocenters. The van der Waals surface area contributed by atoms with E-state index in [-0.39, 0.29) is 34.0 Å². The maximum Gasteiger partial charge on any atom is 0.471 e. The third-order valence-corrected chi connectivity index (χ3v) is 6.90. The van der Waals surface area contributed by atoms with Crippen molar-refractivity contribution in [1.82, 2.24) is 4.98 Å². The van der Waals surface area contributed by atoms with Crippen molar-refractivity contribution in [3.63, 3.8) is 0 Å². The van der Waals surface area contributed by atoms with Crippen molar-refractivity contribution in [3.8, 4) is 0 Å². The van der Waals surface area contributed by atoms with Gasteiger partial charge in [0.25, 0.3) is 5.91 Å². The van der Waals surface area contributed by atoms with Gasteiger partial charge in [-0.05, 0) is 78.6 Å². The minimum atomic E-state index is -5.00. The zero-order chi connectivity index (χ0) is 25.4. The number of alkyl halides is 3. The summed E-state index contributed by atoms with van der Waals surface area (Å²) in [6, 6.07) is 13.5. The second kappa shape index (κ2) is 9.59. The van der Waals surface area contributed by atoms with E-state index in [4.69, 9.17) is 11.6 Å². The summed E-state index contributed by atoms with van der Waals surface area (Å²) in [6.07, 6.45) is -0.0438. The molecule has 1 N–H and O–H groups in total. The number of hydrogen-bond acceptors (Lipinski definition) is 5. The van der Waals surface area contributed by atoms with Crippen LogP contribution >= 0.6 is 23.4 Å². The van der Waals surface area contributed by atoms with Gasteiger partial charge in [-0.3, -0.25) is 14.6 Å². The van der Waals surface area contributed by atoms with Crippen LogP contribution < -0.4 is 10.2 Å². The van der Waals surface area contributed by atoms with Crippen LogP contribution in [0.15, 0.2) is 64.6 Å². The van der Waals surface area contributed by atoms with E-state index in [2.05, 4.69) is 15.3 Å². The van der Waals surface area contributed by atoms with Gasteiger partial charge in [0.15, 0.2) is 5.17 Å². The average Bonchev–Trinajstić information content (AvgIpc) is 3.60. The molecular formula is C25H18ClF3N4O2S. The summed E-state index contributed by atoms with van der Waals surface area (Å²) >= 11 is 7.35. The van der Waals surface area contributed by atoms with E-state index in [9.17, 15) is 22.8 Å². The SMILES string of the molecule is O=C1N=C(Nc2cc(N(CC3CC3)C(=O)C(F)(F)F)ccc2Cl)SC1=Cc1ccc2ncccc2c1. The Morgan fingerprint density at radius 3 is 2.75 bits per heavy atom. The summed E-state index contributed by atoms with van der Waals surface area (Å²) < 4.78 is 39.6. The number of halogens is 4. The number of rotatable bonds is 5. The third-order valence-electron chi connectivity index (χ3n) is 5.67. The molecule has 36 heavy (non-hydrogen) atoms. The summed E-state index contributed by atoms with van der Waals surface area (Å²) in [5.41, 5.74) is 1.93. The van der Waals surface area contributed by atoms with Gasteiger partial charge in [0.1, 0.15) is 0 Å². The molecule has 2 amide bonds. The number of amides is 2. The van der Waals surface area contributed by atoms with Crippen LogP contribution in [0.3, 0.4) is 0 Å². The van der Waals surface area contributed by atoms with Gasteiger partial charge in [0.05, 0.1) is 21.1 Å². The maximum absolute atomic E-state index is 13.2. The Kier molecular flexibility index (Phi) is 6.48. The molecule has 184 valence electrons. The molecule has 1 saturated carbocycles. The Labute approximate surface area is 213 Å². The molecule has 1 aliphatic carbocycles. The second-order valence-corrected chi connectivity index (χ2v) is 9.87. The fraction of sp³-hybridized carbons (Fsp3) is 0.200. The van der Waals surface area contributed by atoms with Crippen molar-refractivity contribution in [1.29, 1.82) is 0 Å². The number of carbonyl (C=O) groups excluding carboxylic acids is 2. The minimum absolute atomic E-state index is 0.0260. The highest BCUT2D eigenvalue weighted by molar-refractivity contribution is 8.18. The number of fused-ring (bicyclic) bond motifs is 1. The first kappa shape index (κ1) is 24.3. The lowest BCUT2D eigenvalue weighted by Crippen LogP contribution is -2.42. The smallest absolute Gasteiger partial charge is 0.333 e. The lowest BCUT2D eigenvalue weighted by atomic mass is 10.1. The van der Waals surface area contributed by atoms with Gasteiger partial charge in [0, 0.05) is 23.8 Å². The van der Waals surface area contributed by atoms with Gasteiger partial charge in [-0.25, -0.2) is 0 Å². The van der Waals surface area contributed by atoms with E-state index in [1.165, 1.54) is 18.2 Å². The Morgan fingerprint density at radius 1 is 1.19 bits per heavy atom. The Bertz CT molecular complexity index is 1440. The molecule has 0 saturated heterocycles. The predicted octanol–water partition coefficient (Wildman–Crippen LogP) is 6.28. The summed E-state index contributed by atoms with van der Waals surface area (Å²) in [5.74, 6) is -2.35. The van der Waals surface area contributed by atoms with E-state index < -0.39 is 18.0 Å². The molecule has 0 bridgehead atoms. The van der Waals surface area contributed by atoms with Crippen LogP contribution in [0.2, 0.25) is 5.02 Å². The molecule has 6 nitrogen and oxygen atoms in total. The lowest BCUT2D eigenvalue weighted by Gasteiger charge is -2.24.